The van der Waals surface area contributed by atoms with Crippen LogP contribution in [0.15, 0.2) is 60.0 Å². The molecule has 4 rings (SSSR count). The normalized spacial score (nSPS) is 11.2. The van der Waals surface area contributed by atoms with Gasteiger partial charge in [-0.15, -0.1) is 10.2 Å². The minimum absolute atomic E-state index is 0.579. The molecule has 8 heteroatoms. The minimum atomic E-state index is 0.579. The lowest BCUT2D eigenvalue weighted by Gasteiger charge is -2.03. The van der Waals surface area contributed by atoms with Crippen LogP contribution in [-0.2, 0) is 5.75 Å². The third kappa shape index (κ3) is 2.83. The first-order chi connectivity index (χ1) is 11.7. The van der Waals surface area contributed by atoms with E-state index < -0.39 is 0 Å². The molecule has 0 bridgehead atoms. The Hall–Kier alpha value is -2.51. The summed E-state index contributed by atoms with van der Waals surface area (Å²) in [6.45, 7) is 0. The lowest BCUT2D eigenvalue weighted by molar-refractivity contribution is 0.849. The van der Waals surface area contributed by atoms with Gasteiger partial charge in [0, 0.05) is 28.7 Å². The van der Waals surface area contributed by atoms with Gasteiger partial charge < -0.3 is 10.2 Å². The Kier molecular flexibility index (Phi) is 3.87. The van der Waals surface area contributed by atoms with Crippen molar-refractivity contribution in [2.24, 2.45) is 0 Å². The summed E-state index contributed by atoms with van der Waals surface area (Å²) in [4.78, 5) is 4.56. The molecule has 0 aliphatic rings. The van der Waals surface area contributed by atoms with Gasteiger partial charge in [0.25, 0.3) is 0 Å². The molecule has 4 aromatic rings. The van der Waals surface area contributed by atoms with Crippen molar-refractivity contribution < 1.29 is 0 Å². The fourth-order valence-corrected chi connectivity index (χ4v) is 3.33. The van der Waals surface area contributed by atoms with Crippen LogP contribution in [0.2, 0.25) is 5.02 Å². The van der Waals surface area contributed by atoms with Crippen molar-refractivity contribution in [1.29, 1.82) is 0 Å². The van der Waals surface area contributed by atoms with Gasteiger partial charge in [-0.25, -0.2) is 9.66 Å². The van der Waals surface area contributed by atoms with E-state index >= 15 is 0 Å². The zero-order valence-electron chi connectivity index (χ0n) is 12.5. The van der Waals surface area contributed by atoms with Crippen molar-refractivity contribution in [3.05, 3.63) is 65.6 Å². The molecule has 0 atom stereocenters. The smallest absolute Gasteiger partial charge is 0.210 e. The number of hydrogen-bond donors (Lipinski definition) is 1. The number of benzene rings is 1. The summed E-state index contributed by atoms with van der Waals surface area (Å²) in [6.07, 6.45) is 3.97. The number of aromatic nitrogens is 5. The van der Waals surface area contributed by atoms with E-state index in [1.165, 1.54) is 16.4 Å². The zero-order valence-corrected chi connectivity index (χ0v) is 14.1. The average Bonchev–Trinajstić information content (AvgIpc) is 3.16. The largest absolute Gasteiger partial charge is 0.335 e. The Bertz CT molecular complexity index is 976. The molecule has 0 amide bonds. The van der Waals surface area contributed by atoms with E-state index in [1.807, 2.05) is 53.2 Å². The lowest BCUT2D eigenvalue weighted by Crippen LogP contribution is -2.11. The number of pyridine rings is 1. The Morgan fingerprint density at radius 3 is 2.88 bits per heavy atom. The van der Waals surface area contributed by atoms with Crippen molar-refractivity contribution >= 4 is 29.0 Å². The van der Waals surface area contributed by atoms with E-state index in [9.17, 15) is 0 Å². The summed E-state index contributed by atoms with van der Waals surface area (Å²) in [5.41, 5.74) is 2.71. The second-order valence-corrected chi connectivity index (χ2v) is 6.55. The van der Waals surface area contributed by atoms with Crippen LogP contribution in [0.1, 0.15) is 5.69 Å². The third-order valence-corrected chi connectivity index (χ3v) is 4.72. The van der Waals surface area contributed by atoms with E-state index in [0.717, 1.165) is 16.9 Å². The van der Waals surface area contributed by atoms with Crippen LogP contribution in [0.4, 0.5) is 0 Å². The minimum Gasteiger partial charge on any atom is -0.335 e. The second kappa shape index (κ2) is 6.18. The van der Waals surface area contributed by atoms with Crippen molar-refractivity contribution in [3.8, 4) is 11.4 Å². The highest BCUT2D eigenvalue weighted by Gasteiger charge is 2.13. The van der Waals surface area contributed by atoms with E-state index in [0.29, 0.717) is 21.8 Å². The van der Waals surface area contributed by atoms with Gasteiger partial charge in [0.05, 0.1) is 5.69 Å². The van der Waals surface area contributed by atoms with Crippen LogP contribution >= 0.6 is 23.4 Å². The van der Waals surface area contributed by atoms with Gasteiger partial charge in [-0.3, -0.25) is 0 Å². The number of halogens is 1. The summed E-state index contributed by atoms with van der Waals surface area (Å²) in [7, 11) is 0. The quantitative estimate of drug-likeness (QED) is 0.449. The molecular weight excluding hydrogens is 344 g/mol. The SMILES string of the molecule is Nn1c(SCc2cn3ccccc3n2)nnc1-c1cccc(Cl)c1. The maximum Gasteiger partial charge on any atom is 0.210 e. The van der Waals surface area contributed by atoms with E-state index in [4.69, 9.17) is 17.4 Å². The second-order valence-electron chi connectivity index (χ2n) is 5.17. The highest BCUT2D eigenvalue weighted by atomic mass is 35.5. The highest BCUT2D eigenvalue weighted by molar-refractivity contribution is 7.98. The molecule has 3 aromatic heterocycles. The van der Waals surface area contributed by atoms with E-state index in [1.54, 1.807) is 6.07 Å². The molecule has 6 nitrogen and oxygen atoms in total. The maximum atomic E-state index is 6.13. The Morgan fingerprint density at radius 1 is 1.12 bits per heavy atom. The fraction of sp³-hybridized carbons (Fsp3) is 0.0625. The molecule has 0 saturated carbocycles. The molecule has 0 unspecified atom stereocenters. The van der Waals surface area contributed by atoms with Crippen LogP contribution in [0, 0.1) is 0 Å². The van der Waals surface area contributed by atoms with Crippen LogP contribution in [0.5, 0.6) is 0 Å². The number of nitrogen functional groups attached to an aromatic ring is 1. The van der Waals surface area contributed by atoms with Gasteiger partial charge in [-0.2, -0.15) is 0 Å². The molecule has 2 N–H and O–H groups in total. The maximum absolute atomic E-state index is 6.13. The molecular formula is C16H13ClN6S. The summed E-state index contributed by atoms with van der Waals surface area (Å²) in [5, 5.41) is 9.59. The Labute approximate surface area is 147 Å². The van der Waals surface area contributed by atoms with Gasteiger partial charge in [-0.05, 0) is 24.3 Å². The molecule has 0 spiro atoms. The first kappa shape index (κ1) is 15.0. The molecule has 1 aromatic carbocycles. The standard InChI is InChI=1S/C16H13ClN6S/c17-12-5-3-4-11(8-12)15-20-21-16(23(15)18)24-10-13-9-22-7-2-1-6-14(22)19-13/h1-9H,10,18H2. The predicted octanol–water partition coefficient (Wildman–Crippen LogP) is 3.25. The summed E-state index contributed by atoms with van der Waals surface area (Å²) >= 11 is 7.51. The van der Waals surface area contributed by atoms with Crippen LogP contribution < -0.4 is 5.84 Å². The summed E-state index contributed by atoms with van der Waals surface area (Å²) in [5.74, 6) is 7.36. The third-order valence-electron chi connectivity index (χ3n) is 3.51. The first-order valence-electron chi connectivity index (χ1n) is 7.22. The van der Waals surface area contributed by atoms with Gasteiger partial charge in [0.1, 0.15) is 5.65 Å². The van der Waals surface area contributed by atoms with Crippen molar-refractivity contribution in [3.63, 3.8) is 0 Å². The molecule has 0 saturated heterocycles. The number of fused-ring (bicyclic) bond motifs is 1. The van der Waals surface area contributed by atoms with Crippen LogP contribution in [0.3, 0.4) is 0 Å². The van der Waals surface area contributed by atoms with Crippen LogP contribution in [0.25, 0.3) is 17.0 Å². The Morgan fingerprint density at radius 2 is 2.04 bits per heavy atom. The van der Waals surface area contributed by atoms with Crippen molar-refractivity contribution in [2.75, 3.05) is 5.84 Å². The number of nitrogens with zero attached hydrogens (tertiary/aromatic N) is 5. The number of imidazole rings is 1. The predicted molar refractivity (Wildman–Crippen MR) is 95.4 cm³/mol. The fourth-order valence-electron chi connectivity index (χ4n) is 2.40. The number of nitrogens with two attached hydrogens (primary N) is 1. The number of rotatable bonds is 4. The van der Waals surface area contributed by atoms with Gasteiger partial charge in [0.15, 0.2) is 5.82 Å². The average molecular weight is 357 g/mol. The molecule has 120 valence electrons. The summed E-state index contributed by atoms with van der Waals surface area (Å²) in [6, 6.07) is 13.3. The molecule has 0 fully saturated rings. The zero-order chi connectivity index (χ0) is 16.5. The van der Waals surface area contributed by atoms with Gasteiger partial charge >= 0.3 is 0 Å². The van der Waals surface area contributed by atoms with E-state index in [-0.39, 0.29) is 0 Å². The Balaban J connectivity index is 1.55. The molecule has 0 aliphatic carbocycles. The lowest BCUT2D eigenvalue weighted by atomic mass is 10.2. The molecule has 0 radical (unpaired) electrons. The topological polar surface area (TPSA) is 74.0 Å². The number of hydrogen-bond acceptors (Lipinski definition) is 5. The van der Waals surface area contributed by atoms with Crippen molar-refractivity contribution in [1.82, 2.24) is 24.3 Å². The van der Waals surface area contributed by atoms with Crippen LogP contribution in [-0.4, -0.2) is 24.3 Å². The van der Waals surface area contributed by atoms with E-state index in [2.05, 4.69) is 15.2 Å². The van der Waals surface area contributed by atoms with Crippen molar-refractivity contribution in [2.45, 2.75) is 10.9 Å². The van der Waals surface area contributed by atoms with Gasteiger partial charge in [-0.1, -0.05) is 41.6 Å². The highest BCUT2D eigenvalue weighted by Crippen LogP contribution is 2.25. The molecule has 24 heavy (non-hydrogen) atoms. The summed E-state index contributed by atoms with van der Waals surface area (Å²) < 4.78 is 3.46. The molecule has 3 heterocycles. The van der Waals surface area contributed by atoms with Gasteiger partial charge in [0.2, 0.25) is 5.16 Å². The molecule has 0 aliphatic heterocycles. The number of thioether (sulfide) groups is 1. The first-order valence-corrected chi connectivity index (χ1v) is 8.59. The monoisotopic (exact) mass is 356 g/mol.